The van der Waals surface area contributed by atoms with E-state index in [0.717, 1.165) is 5.69 Å². The van der Waals surface area contributed by atoms with E-state index >= 15 is 0 Å². The summed E-state index contributed by atoms with van der Waals surface area (Å²) in [5.41, 5.74) is 2.28. The van der Waals surface area contributed by atoms with Gasteiger partial charge in [-0.3, -0.25) is 0 Å². The molecule has 3 rings (SSSR count). The van der Waals surface area contributed by atoms with Crippen LogP contribution in [-0.2, 0) is 9.47 Å². The first-order chi connectivity index (χ1) is 16.1. The number of hydrogen-bond donors (Lipinski definition) is 0. The van der Waals surface area contributed by atoms with E-state index in [2.05, 4.69) is 9.95 Å². The zero-order valence-corrected chi connectivity index (χ0v) is 17.7. The Morgan fingerprint density at radius 2 is 1.09 bits per heavy atom. The Bertz CT molecular complexity index is 1090. The van der Waals surface area contributed by atoms with Gasteiger partial charge in [0.25, 0.3) is 0 Å². The van der Waals surface area contributed by atoms with Gasteiger partial charge in [0.2, 0.25) is 10.8 Å². The Balaban J connectivity index is 1.54. The second kappa shape index (κ2) is 11.6. The van der Waals surface area contributed by atoms with Gasteiger partial charge in [-0.05, 0) is 36.4 Å². The van der Waals surface area contributed by atoms with Gasteiger partial charge in [-0.1, -0.05) is 18.2 Å². The Morgan fingerprint density at radius 1 is 0.667 bits per heavy atom. The molecule has 0 saturated carbocycles. The summed E-state index contributed by atoms with van der Waals surface area (Å²) >= 11 is 0. The van der Waals surface area contributed by atoms with Crippen molar-refractivity contribution in [3.8, 4) is 0 Å². The highest BCUT2D eigenvalue weighted by Gasteiger charge is 2.14. The number of carbonyl (C=O) groups is 2. The molecule has 3 aromatic rings. The number of carbonyl (C=O) groups excluding carboxylic acids is 2. The molecule has 9 nitrogen and oxygen atoms in total. The van der Waals surface area contributed by atoms with E-state index in [0.29, 0.717) is 35.6 Å². The van der Waals surface area contributed by atoms with Crippen molar-refractivity contribution in [3.05, 3.63) is 99.9 Å². The van der Waals surface area contributed by atoms with Gasteiger partial charge >= 0.3 is 23.3 Å². The number of hydrogen-bond acceptors (Lipinski definition) is 7. The van der Waals surface area contributed by atoms with Gasteiger partial charge in [-0.25, -0.2) is 9.59 Å². The molecule has 9 heteroatoms. The molecule has 0 atom stereocenters. The molecule has 33 heavy (non-hydrogen) atoms. The lowest BCUT2D eigenvalue weighted by Gasteiger charge is -2.24. The minimum atomic E-state index is -0.489. The van der Waals surface area contributed by atoms with Crippen LogP contribution in [0.2, 0.25) is 0 Å². The molecule has 0 N–H and O–H groups in total. The SMILES string of the molecule is N#[N+]c1ccc(C(=O)OCCN(CCOC(=O)c2ccc([N+]#N)cc2)c2ccccc2)cc1. The fraction of sp³-hybridized carbons (Fsp3) is 0.167. The first-order valence-electron chi connectivity index (χ1n) is 10.2. The standard InChI is InChI=1S/C24H21N5O4/c25-27-20-10-6-18(7-11-20)23(30)32-16-14-29(22-4-2-1-3-5-22)15-17-33-24(31)19-8-12-21(28-26)13-9-19/h1-13H,14-17H2/q+2. The molecule has 0 radical (unpaired) electrons. The Hall–Kier alpha value is -4.76. The normalized spacial score (nSPS) is 9.88. The third-order valence-corrected chi connectivity index (χ3v) is 4.75. The smallest absolute Gasteiger partial charge is 0.385 e. The first kappa shape index (κ1) is 22.9. The molecule has 0 unspecified atom stereocenters. The van der Waals surface area contributed by atoms with Crippen molar-refractivity contribution in [1.29, 1.82) is 10.8 Å². The van der Waals surface area contributed by atoms with Crippen molar-refractivity contribution in [2.75, 3.05) is 31.2 Å². The molecule has 164 valence electrons. The molecule has 0 amide bonds. The van der Waals surface area contributed by atoms with Crippen LogP contribution in [0.1, 0.15) is 20.7 Å². The molecule has 0 aliphatic heterocycles. The molecule has 0 aromatic heterocycles. The van der Waals surface area contributed by atoms with Crippen LogP contribution in [0, 0.1) is 10.8 Å². The fourth-order valence-electron chi connectivity index (χ4n) is 3.00. The maximum atomic E-state index is 12.2. The summed E-state index contributed by atoms with van der Waals surface area (Å²) in [6.45, 7) is 1.04. The van der Waals surface area contributed by atoms with E-state index in [4.69, 9.17) is 20.3 Å². The molecular formula is C24H21N5O4+2. The van der Waals surface area contributed by atoms with Crippen molar-refractivity contribution < 1.29 is 19.1 Å². The zero-order valence-electron chi connectivity index (χ0n) is 17.7. The summed E-state index contributed by atoms with van der Waals surface area (Å²) in [5.74, 6) is -0.978. The molecular weight excluding hydrogens is 422 g/mol. The second-order valence-corrected chi connectivity index (χ2v) is 6.89. The number of ether oxygens (including phenoxy) is 2. The predicted octanol–water partition coefficient (Wildman–Crippen LogP) is 5.18. The third-order valence-electron chi connectivity index (χ3n) is 4.75. The van der Waals surface area contributed by atoms with Gasteiger partial charge in [-0.2, -0.15) is 0 Å². The second-order valence-electron chi connectivity index (χ2n) is 6.89. The van der Waals surface area contributed by atoms with Crippen LogP contribution in [-0.4, -0.2) is 38.2 Å². The topological polar surface area (TPSA) is 112 Å². The monoisotopic (exact) mass is 443 g/mol. The van der Waals surface area contributed by atoms with E-state index in [1.165, 1.54) is 48.5 Å². The average Bonchev–Trinajstić information content (AvgIpc) is 2.88. The van der Waals surface area contributed by atoms with Crippen LogP contribution in [0.3, 0.4) is 0 Å². The van der Waals surface area contributed by atoms with Crippen LogP contribution < -0.4 is 4.90 Å². The lowest BCUT2D eigenvalue weighted by molar-refractivity contribution is 0.0504. The van der Waals surface area contributed by atoms with Crippen molar-refractivity contribution >= 4 is 29.0 Å². The summed E-state index contributed by atoms with van der Waals surface area (Å²) in [7, 11) is 0. The van der Waals surface area contributed by atoms with Gasteiger partial charge in [0.05, 0.1) is 24.2 Å². The number of anilines is 1. The largest absolute Gasteiger partial charge is 0.460 e. The zero-order chi connectivity index (χ0) is 23.5. The van der Waals surface area contributed by atoms with Crippen molar-refractivity contribution in [1.82, 2.24) is 0 Å². The lowest BCUT2D eigenvalue weighted by Crippen LogP contribution is -2.32. The van der Waals surface area contributed by atoms with E-state index in [1.54, 1.807) is 0 Å². The fourth-order valence-corrected chi connectivity index (χ4v) is 3.00. The summed E-state index contributed by atoms with van der Waals surface area (Å²) in [6, 6.07) is 21.6. The molecule has 0 aliphatic carbocycles. The Labute approximate surface area is 190 Å². The summed E-state index contributed by atoms with van der Waals surface area (Å²) in [4.78, 5) is 32.5. The van der Waals surface area contributed by atoms with E-state index in [9.17, 15) is 9.59 Å². The Kier molecular flexibility index (Phi) is 8.04. The highest BCUT2D eigenvalue weighted by molar-refractivity contribution is 5.90. The third kappa shape index (κ3) is 6.61. The highest BCUT2D eigenvalue weighted by atomic mass is 16.5. The first-order valence-corrected chi connectivity index (χ1v) is 10.2. The van der Waals surface area contributed by atoms with E-state index in [-0.39, 0.29) is 13.2 Å². The van der Waals surface area contributed by atoms with Gasteiger partial charge < -0.3 is 14.4 Å². The minimum absolute atomic E-state index is 0.125. The minimum Gasteiger partial charge on any atom is -0.460 e. The highest BCUT2D eigenvalue weighted by Crippen LogP contribution is 2.16. The van der Waals surface area contributed by atoms with Crippen LogP contribution in [0.4, 0.5) is 17.1 Å². The van der Waals surface area contributed by atoms with Gasteiger partial charge in [-0.15, -0.1) is 0 Å². The van der Waals surface area contributed by atoms with E-state index < -0.39 is 11.9 Å². The summed E-state index contributed by atoms with van der Waals surface area (Å²) in [5, 5.41) is 17.5. The maximum Gasteiger partial charge on any atom is 0.385 e. The number of para-hydroxylation sites is 1. The molecule has 3 aromatic carbocycles. The lowest BCUT2D eigenvalue weighted by atomic mass is 10.2. The van der Waals surface area contributed by atoms with Crippen LogP contribution in [0.25, 0.3) is 9.95 Å². The van der Waals surface area contributed by atoms with Crippen LogP contribution >= 0.6 is 0 Å². The van der Waals surface area contributed by atoms with Gasteiger partial charge in [0, 0.05) is 30.0 Å². The van der Waals surface area contributed by atoms with Crippen LogP contribution in [0.15, 0.2) is 78.9 Å². The molecule has 0 heterocycles. The summed E-state index contributed by atoms with van der Waals surface area (Å²) in [6.07, 6.45) is 0. The molecule has 0 saturated heterocycles. The van der Waals surface area contributed by atoms with E-state index in [1.807, 2.05) is 35.2 Å². The molecule has 0 spiro atoms. The quantitative estimate of drug-likeness (QED) is 0.331. The van der Waals surface area contributed by atoms with Crippen molar-refractivity contribution in [2.45, 2.75) is 0 Å². The number of nitrogens with zero attached hydrogens (tertiary/aromatic N) is 5. The number of benzene rings is 3. The molecule has 0 fully saturated rings. The average molecular weight is 443 g/mol. The maximum absolute atomic E-state index is 12.2. The molecule has 0 aliphatic rings. The number of rotatable bonds is 9. The van der Waals surface area contributed by atoms with Crippen LogP contribution in [0.5, 0.6) is 0 Å². The number of diazo groups is 2. The predicted molar refractivity (Wildman–Crippen MR) is 122 cm³/mol. The van der Waals surface area contributed by atoms with Gasteiger partial charge in [0.15, 0.2) is 9.95 Å². The van der Waals surface area contributed by atoms with Crippen molar-refractivity contribution in [2.24, 2.45) is 0 Å². The van der Waals surface area contributed by atoms with Gasteiger partial charge in [0.1, 0.15) is 13.2 Å². The number of esters is 2. The molecule has 0 bridgehead atoms. The van der Waals surface area contributed by atoms with Crippen molar-refractivity contribution in [3.63, 3.8) is 0 Å². The summed E-state index contributed by atoms with van der Waals surface area (Å²) < 4.78 is 10.7. The Morgan fingerprint density at radius 3 is 1.48 bits per heavy atom.